The number of nitrogens with one attached hydrogen (secondary N) is 3. The molecule has 2 saturated heterocycles. The fraction of sp³-hybridized carbons (Fsp3) is 0.465. The third kappa shape index (κ3) is 8.41. The number of methoxy groups -OCH3 is 1. The molecule has 300 valence electrons. The van der Waals surface area contributed by atoms with Gasteiger partial charge in [0.05, 0.1) is 37.1 Å². The van der Waals surface area contributed by atoms with Crippen molar-refractivity contribution >= 4 is 23.7 Å². The van der Waals surface area contributed by atoms with Gasteiger partial charge in [-0.1, -0.05) is 82.3 Å². The zero-order chi connectivity index (χ0) is 40.1. The fourth-order valence-electron chi connectivity index (χ4n) is 8.37. The lowest BCUT2D eigenvalue weighted by atomic mass is 10.0. The van der Waals surface area contributed by atoms with E-state index in [1.54, 1.807) is 0 Å². The molecule has 3 N–H and O–H groups in total. The number of hydrogen-bond acceptors (Lipinski definition) is 10. The number of carbonyl (C=O) groups is 3. The normalized spacial score (nSPS) is 20.4. The van der Waals surface area contributed by atoms with Gasteiger partial charge in [0.25, 0.3) is 0 Å². The third-order valence-electron chi connectivity index (χ3n) is 11.5. The summed E-state index contributed by atoms with van der Waals surface area (Å²) < 4.78 is 4.76. The molecule has 0 spiro atoms. The summed E-state index contributed by atoms with van der Waals surface area (Å²) in [5.74, 6) is 2.08. The van der Waals surface area contributed by atoms with E-state index in [9.17, 15) is 14.4 Å². The van der Waals surface area contributed by atoms with E-state index in [2.05, 4.69) is 34.4 Å². The first kappa shape index (κ1) is 39.6. The second kappa shape index (κ2) is 17.7. The number of aliphatic imine (C=N–C) groups is 1. The summed E-state index contributed by atoms with van der Waals surface area (Å²) in [5.41, 5.74) is 4.66. The Kier molecular flexibility index (Phi) is 12.3. The molecule has 5 heterocycles. The molecular formula is C43H54N10O4. The average molecular weight is 775 g/mol. The summed E-state index contributed by atoms with van der Waals surface area (Å²) in [5, 5.41) is 6.13. The fourth-order valence-corrected chi connectivity index (χ4v) is 8.37. The summed E-state index contributed by atoms with van der Waals surface area (Å²) in [4.78, 5) is 68.4. The number of amides is 3. The second-order valence-corrected chi connectivity index (χ2v) is 15.3. The highest BCUT2D eigenvalue weighted by Gasteiger charge is 2.40. The van der Waals surface area contributed by atoms with Gasteiger partial charge in [0.15, 0.2) is 5.82 Å². The van der Waals surface area contributed by atoms with Crippen LogP contribution in [0.5, 0.6) is 0 Å². The minimum Gasteiger partial charge on any atom is -0.453 e. The van der Waals surface area contributed by atoms with E-state index < -0.39 is 12.1 Å². The van der Waals surface area contributed by atoms with Crippen LogP contribution < -0.4 is 10.6 Å². The molecule has 7 rings (SSSR count). The van der Waals surface area contributed by atoms with Crippen LogP contribution in [0.15, 0.2) is 78.2 Å². The van der Waals surface area contributed by atoms with E-state index in [0.29, 0.717) is 25.5 Å². The van der Waals surface area contributed by atoms with E-state index in [-0.39, 0.29) is 41.9 Å². The maximum atomic E-state index is 14.2. The number of nitrogens with zero attached hydrogens (tertiary/aromatic N) is 7. The van der Waals surface area contributed by atoms with Crippen LogP contribution in [0, 0.1) is 5.92 Å². The Labute approximate surface area is 334 Å². The van der Waals surface area contributed by atoms with Crippen molar-refractivity contribution < 1.29 is 19.1 Å². The standard InChI is InChI=1S/C43H54N10O4/c1-6-51(7-2)37(29-13-9-8-10-14-29)42(55)53-22-12-16-35(53)40-46-25-32(48-40)28-17-19-30(20-18-28)38-44-23-31(24-45-38)33-26-47-39(49-33)34-15-11-21-52(34)41(54)36(27(3)4)50-43(56)57-5/h8-10,13-14,17-20,23-25,27,33-37H,6-7,11-12,15-16,21-22,26H2,1-5H3,(H,46,48)(H,47,49)(H,50,56)/t33?,34-,35-,36-,37+/m0/s1. The summed E-state index contributed by atoms with van der Waals surface area (Å²) in [6.45, 7) is 11.5. The third-order valence-corrected chi connectivity index (χ3v) is 11.5. The maximum absolute atomic E-state index is 14.2. The monoisotopic (exact) mass is 774 g/mol. The number of aromatic amines is 1. The molecule has 5 atom stereocenters. The molecule has 14 heteroatoms. The molecule has 3 aliphatic rings. The maximum Gasteiger partial charge on any atom is 0.407 e. The van der Waals surface area contributed by atoms with Crippen LogP contribution >= 0.6 is 0 Å². The number of benzene rings is 2. The Balaban J connectivity index is 1.00. The lowest BCUT2D eigenvalue weighted by Gasteiger charge is -2.34. The van der Waals surface area contributed by atoms with E-state index in [0.717, 1.165) is 78.4 Å². The zero-order valence-electron chi connectivity index (χ0n) is 33.5. The van der Waals surface area contributed by atoms with E-state index in [4.69, 9.17) is 24.7 Å². The van der Waals surface area contributed by atoms with Crippen molar-refractivity contribution in [2.24, 2.45) is 10.9 Å². The van der Waals surface area contributed by atoms with Gasteiger partial charge in [-0.2, -0.15) is 0 Å². The Morgan fingerprint density at radius 2 is 1.51 bits per heavy atom. The molecule has 57 heavy (non-hydrogen) atoms. The number of carbonyl (C=O) groups excluding carboxylic acids is 3. The molecule has 2 aromatic heterocycles. The smallest absolute Gasteiger partial charge is 0.407 e. The Hall–Kier alpha value is -5.63. The quantitative estimate of drug-likeness (QED) is 0.155. The van der Waals surface area contributed by atoms with Crippen molar-refractivity contribution in [3.63, 3.8) is 0 Å². The van der Waals surface area contributed by atoms with Gasteiger partial charge in [0, 0.05) is 43.2 Å². The molecule has 1 unspecified atom stereocenters. The number of imidazole rings is 1. The number of amidine groups is 1. The summed E-state index contributed by atoms with van der Waals surface area (Å²) in [6.07, 6.45) is 8.32. The summed E-state index contributed by atoms with van der Waals surface area (Å²) in [6, 6.07) is 16.7. The van der Waals surface area contributed by atoms with E-state index >= 15 is 0 Å². The van der Waals surface area contributed by atoms with Crippen LogP contribution in [-0.4, -0.2) is 110 Å². The van der Waals surface area contributed by atoms with Crippen molar-refractivity contribution in [2.75, 3.05) is 39.8 Å². The first-order valence-corrected chi connectivity index (χ1v) is 20.2. The minimum atomic E-state index is -0.681. The van der Waals surface area contributed by atoms with Crippen molar-refractivity contribution in [1.82, 2.24) is 45.3 Å². The Bertz CT molecular complexity index is 2030. The number of hydrogen-bond donors (Lipinski definition) is 3. The summed E-state index contributed by atoms with van der Waals surface area (Å²) in [7, 11) is 1.29. The number of ether oxygens (including phenoxy) is 1. The molecule has 3 aliphatic heterocycles. The van der Waals surface area contributed by atoms with Crippen molar-refractivity contribution in [2.45, 2.75) is 83.6 Å². The van der Waals surface area contributed by atoms with Crippen molar-refractivity contribution in [1.29, 1.82) is 0 Å². The lowest BCUT2D eigenvalue weighted by molar-refractivity contribution is -0.138. The highest BCUT2D eigenvalue weighted by atomic mass is 16.5. The molecule has 0 radical (unpaired) electrons. The van der Waals surface area contributed by atoms with Gasteiger partial charge in [0.1, 0.15) is 23.7 Å². The van der Waals surface area contributed by atoms with E-state index in [1.807, 2.05) is 96.8 Å². The SMILES string of the molecule is CCN(CC)[C@@H](C(=O)N1CCC[C@H]1c1ncc(-c2ccc(-c3ncc(C4CNC([C@@H]5CCCN5C(=O)[C@@H](NC(=O)OC)C(C)C)=N4)cn3)cc2)[nH]1)c1ccccc1. The minimum absolute atomic E-state index is 0.0997. The van der Waals surface area contributed by atoms with Crippen molar-refractivity contribution in [3.05, 3.63) is 90.1 Å². The molecule has 2 aromatic carbocycles. The Morgan fingerprint density at radius 3 is 2.16 bits per heavy atom. The molecule has 0 bridgehead atoms. The van der Waals surface area contributed by atoms with Crippen molar-refractivity contribution in [3.8, 4) is 22.6 Å². The predicted molar refractivity (Wildman–Crippen MR) is 218 cm³/mol. The number of aromatic nitrogens is 4. The summed E-state index contributed by atoms with van der Waals surface area (Å²) >= 11 is 0. The highest BCUT2D eigenvalue weighted by Crippen LogP contribution is 2.36. The second-order valence-electron chi connectivity index (χ2n) is 15.3. The molecule has 2 fully saturated rings. The van der Waals surface area contributed by atoms with Crippen LogP contribution in [0.4, 0.5) is 4.79 Å². The van der Waals surface area contributed by atoms with E-state index in [1.165, 1.54) is 7.11 Å². The van der Waals surface area contributed by atoms with Gasteiger partial charge >= 0.3 is 6.09 Å². The van der Waals surface area contributed by atoms with Gasteiger partial charge < -0.3 is 30.2 Å². The zero-order valence-corrected chi connectivity index (χ0v) is 33.5. The topological polar surface area (TPSA) is 161 Å². The number of H-pyrrole nitrogens is 1. The molecular weight excluding hydrogens is 721 g/mol. The number of alkyl carbamates (subject to hydrolysis) is 1. The van der Waals surface area contributed by atoms with Crippen LogP contribution in [-0.2, 0) is 14.3 Å². The van der Waals surface area contributed by atoms with Crippen LogP contribution in [0.3, 0.4) is 0 Å². The first-order valence-electron chi connectivity index (χ1n) is 20.2. The van der Waals surface area contributed by atoms with Gasteiger partial charge in [-0.25, -0.2) is 19.7 Å². The van der Waals surface area contributed by atoms with Crippen LogP contribution in [0.25, 0.3) is 22.6 Å². The average Bonchev–Trinajstić information content (AvgIpc) is 4.09. The molecule has 0 aliphatic carbocycles. The van der Waals surface area contributed by atoms with Crippen LogP contribution in [0.2, 0.25) is 0 Å². The molecule has 14 nitrogen and oxygen atoms in total. The highest BCUT2D eigenvalue weighted by molar-refractivity contribution is 5.95. The van der Waals surface area contributed by atoms with Gasteiger partial charge in [-0.3, -0.25) is 19.5 Å². The molecule has 4 aromatic rings. The largest absolute Gasteiger partial charge is 0.453 e. The number of likely N-dealkylation sites (tertiary alicyclic amines) is 2. The predicted octanol–water partition coefficient (Wildman–Crippen LogP) is 5.69. The van der Waals surface area contributed by atoms with Crippen LogP contribution in [0.1, 0.15) is 88.5 Å². The molecule has 3 amide bonds. The first-order chi connectivity index (χ1) is 27.7. The number of rotatable bonds is 13. The van der Waals surface area contributed by atoms with Gasteiger partial charge in [-0.15, -0.1) is 0 Å². The molecule has 0 saturated carbocycles. The number of likely N-dealkylation sites (N-methyl/N-ethyl adjacent to an activating group) is 1. The van der Waals surface area contributed by atoms with Gasteiger partial charge in [0.2, 0.25) is 11.8 Å². The van der Waals surface area contributed by atoms with Gasteiger partial charge in [-0.05, 0) is 55.8 Å². The lowest BCUT2D eigenvalue weighted by Crippen LogP contribution is -2.54. The Morgan fingerprint density at radius 1 is 0.860 bits per heavy atom.